The van der Waals surface area contributed by atoms with Gasteiger partial charge in [0.2, 0.25) is 11.7 Å². The lowest BCUT2D eigenvalue weighted by Gasteiger charge is -2.14. The predicted octanol–water partition coefficient (Wildman–Crippen LogP) is 1.11. The van der Waals surface area contributed by atoms with E-state index in [1.54, 1.807) is 7.11 Å². The molecule has 3 atom stereocenters. The molecule has 0 radical (unpaired) electrons. The maximum atomic E-state index is 5.44. The molecular formula is C12H21N3O3. The first-order chi connectivity index (χ1) is 8.67. The van der Waals surface area contributed by atoms with Gasteiger partial charge in [-0.25, -0.2) is 0 Å². The lowest BCUT2D eigenvalue weighted by atomic mass is 10.0. The first-order valence-electron chi connectivity index (χ1n) is 6.28. The zero-order chi connectivity index (χ0) is 13.1. The summed E-state index contributed by atoms with van der Waals surface area (Å²) in [4.78, 5) is 4.46. The molecule has 0 saturated carbocycles. The van der Waals surface area contributed by atoms with E-state index < -0.39 is 0 Å². The summed E-state index contributed by atoms with van der Waals surface area (Å²) in [7, 11) is 3.57. The van der Waals surface area contributed by atoms with Gasteiger partial charge >= 0.3 is 0 Å². The van der Waals surface area contributed by atoms with Crippen LogP contribution in [0.2, 0.25) is 0 Å². The van der Waals surface area contributed by atoms with Crippen LogP contribution >= 0.6 is 0 Å². The highest BCUT2D eigenvalue weighted by atomic mass is 16.5. The summed E-state index contributed by atoms with van der Waals surface area (Å²) in [5.74, 6) is 1.68. The van der Waals surface area contributed by atoms with Crippen molar-refractivity contribution in [2.45, 2.75) is 31.9 Å². The Morgan fingerprint density at radius 1 is 1.39 bits per heavy atom. The molecule has 6 heteroatoms. The van der Waals surface area contributed by atoms with Crippen molar-refractivity contribution in [3.05, 3.63) is 11.7 Å². The largest absolute Gasteiger partial charge is 0.379 e. The van der Waals surface area contributed by atoms with E-state index >= 15 is 0 Å². The van der Waals surface area contributed by atoms with Crippen molar-refractivity contribution in [3.63, 3.8) is 0 Å². The number of aromatic nitrogens is 2. The van der Waals surface area contributed by atoms with E-state index in [0.29, 0.717) is 30.8 Å². The number of hydrogen-bond acceptors (Lipinski definition) is 6. The highest BCUT2D eigenvalue weighted by Crippen LogP contribution is 2.27. The minimum atomic E-state index is -0.127. The van der Waals surface area contributed by atoms with Gasteiger partial charge in [-0.05, 0) is 13.0 Å². The van der Waals surface area contributed by atoms with Gasteiger partial charge < -0.3 is 19.3 Å². The fraction of sp³-hybridized carbons (Fsp3) is 0.833. The quantitative estimate of drug-likeness (QED) is 0.850. The maximum Gasteiger partial charge on any atom is 0.233 e. The molecule has 1 N–H and O–H groups in total. The lowest BCUT2D eigenvalue weighted by molar-refractivity contribution is 0.0555. The molecule has 0 aliphatic carbocycles. The normalized spacial score (nSPS) is 25.8. The third-order valence-electron chi connectivity index (χ3n) is 3.34. The van der Waals surface area contributed by atoms with Crippen LogP contribution in [-0.2, 0) is 9.47 Å². The van der Waals surface area contributed by atoms with Gasteiger partial charge in [0.15, 0.2) is 0 Å². The summed E-state index contributed by atoms with van der Waals surface area (Å²) < 4.78 is 16.2. The molecule has 0 spiro atoms. The van der Waals surface area contributed by atoms with Crippen molar-refractivity contribution in [2.75, 3.05) is 27.4 Å². The highest BCUT2D eigenvalue weighted by Gasteiger charge is 2.34. The van der Waals surface area contributed by atoms with Crippen LogP contribution in [0.3, 0.4) is 0 Å². The molecule has 0 bridgehead atoms. The van der Waals surface area contributed by atoms with Crippen molar-refractivity contribution in [1.82, 2.24) is 15.5 Å². The summed E-state index contributed by atoms with van der Waals surface area (Å²) >= 11 is 0. The second kappa shape index (κ2) is 5.77. The second-order valence-corrected chi connectivity index (χ2v) is 4.93. The highest BCUT2D eigenvalue weighted by molar-refractivity contribution is 5.03. The maximum absolute atomic E-state index is 5.44. The van der Waals surface area contributed by atoms with Crippen LogP contribution in [0, 0.1) is 5.92 Å². The SMILES string of the molecule is CNC1COCC1c1nc(C(OC)C(C)C)no1. The molecule has 0 amide bonds. The fourth-order valence-electron chi connectivity index (χ4n) is 2.27. The monoisotopic (exact) mass is 255 g/mol. The van der Waals surface area contributed by atoms with Gasteiger partial charge in [0.1, 0.15) is 6.10 Å². The number of nitrogens with zero attached hydrogens (tertiary/aromatic N) is 2. The average molecular weight is 255 g/mol. The van der Waals surface area contributed by atoms with E-state index in [-0.39, 0.29) is 18.1 Å². The number of methoxy groups -OCH3 is 1. The molecule has 0 aromatic carbocycles. The summed E-state index contributed by atoms with van der Waals surface area (Å²) in [6, 6.07) is 0.235. The van der Waals surface area contributed by atoms with Crippen LogP contribution in [0.25, 0.3) is 0 Å². The van der Waals surface area contributed by atoms with Crippen LogP contribution in [0.5, 0.6) is 0 Å². The van der Waals surface area contributed by atoms with Gasteiger partial charge in [-0.15, -0.1) is 0 Å². The molecule has 1 fully saturated rings. The smallest absolute Gasteiger partial charge is 0.233 e. The van der Waals surface area contributed by atoms with Crippen molar-refractivity contribution in [3.8, 4) is 0 Å². The number of likely N-dealkylation sites (N-methyl/N-ethyl adjacent to an activating group) is 1. The van der Waals surface area contributed by atoms with Crippen LogP contribution in [-0.4, -0.2) is 43.6 Å². The van der Waals surface area contributed by atoms with E-state index in [2.05, 4.69) is 29.3 Å². The molecule has 3 unspecified atom stereocenters. The van der Waals surface area contributed by atoms with Crippen LogP contribution in [0.1, 0.15) is 37.6 Å². The van der Waals surface area contributed by atoms with Gasteiger partial charge in [-0.2, -0.15) is 4.98 Å². The molecule has 18 heavy (non-hydrogen) atoms. The Morgan fingerprint density at radius 2 is 2.17 bits per heavy atom. The van der Waals surface area contributed by atoms with Crippen LogP contribution < -0.4 is 5.32 Å². The van der Waals surface area contributed by atoms with E-state index in [1.165, 1.54) is 0 Å². The van der Waals surface area contributed by atoms with E-state index in [4.69, 9.17) is 14.0 Å². The van der Waals surface area contributed by atoms with Gasteiger partial charge in [-0.1, -0.05) is 19.0 Å². The van der Waals surface area contributed by atoms with E-state index in [1.807, 2.05) is 7.05 Å². The average Bonchev–Trinajstić information content (AvgIpc) is 2.96. The summed E-state index contributed by atoms with van der Waals surface area (Å²) in [5, 5.41) is 7.23. The number of ether oxygens (including phenoxy) is 2. The summed E-state index contributed by atoms with van der Waals surface area (Å²) in [5.41, 5.74) is 0. The Bertz CT molecular complexity index is 380. The number of rotatable bonds is 5. The molecular weight excluding hydrogens is 234 g/mol. The lowest BCUT2D eigenvalue weighted by Crippen LogP contribution is -2.31. The topological polar surface area (TPSA) is 69.4 Å². The Balaban J connectivity index is 2.14. The minimum absolute atomic E-state index is 0.126. The molecule has 6 nitrogen and oxygen atoms in total. The van der Waals surface area contributed by atoms with Crippen molar-refractivity contribution in [1.29, 1.82) is 0 Å². The molecule has 1 aliphatic heterocycles. The number of nitrogens with one attached hydrogen (secondary N) is 1. The summed E-state index contributed by atoms with van der Waals surface area (Å²) in [6.07, 6.45) is -0.127. The molecule has 1 saturated heterocycles. The first-order valence-corrected chi connectivity index (χ1v) is 6.28. The van der Waals surface area contributed by atoms with Crippen molar-refractivity contribution < 1.29 is 14.0 Å². The summed E-state index contributed by atoms with van der Waals surface area (Å²) in [6.45, 7) is 5.43. The van der Waals surface area contributed by atoms with Crippen molar-refractivity contribution >= 4 is 0 Å². The fourth-order valence-corrected chi connectivity index (χ4v) is 2.27. The molecule has 1 aromatic heterocycles. The third-order valence-corrected chi connectivity index (χ3v) is 3.34. The van der Waals surface area contributed by atoms with E-state index in [9.17, 15) is 0 Å². The van der Waals surface area contributed by atoms with Gasteiger partial charge in [0.05, 0.1) is 19.1 Å². The predicted molar refractivity (Wildman–Crippen MR) is 65.3 cm³/mol. The Hall–Kier alpha value is -0.980. The Labute approximate surface area is 107 Å². The van der Waals surface area contributed by atoms with Gasteiger partial charge in [0, 0.05) is 13.2 Å². The molecule has 1 aromatic rings. The van der Waals surface area contributed by atoms with Gasteiger partial charge in [0.25, 0.3) is 0 Å². The van der Waals surface area contributed by atoms with Crippen LogP contribution in [0.15, 0.2) is 4.52 Å². The Kier molecular flexibility index (Phi) is 4.31. The molecule has 2 heterocycles. The minimum Gasteiger partial charge on any atom is -0.379 e. The standard InChI is InChI=1S/C12H21N3O3/c1-7(2)10(16-4)11-14-12(18-15-11)8-5-17-6-9(8)13-3/h7-10,13H,5-6H2,1-4H3. The molecule has 2 rings (SSSR count). The first kappa shape index (κ1) is 13.5. The van der Waals surface area contributed by atoms with Crippen LogP contribution in [0.4, 0.5) is 0 Å². The van der Waals surface area contributed by atoms with E-state index in [0.717, 1.165) is 0 Å². The van der Waals surface area contributed by atoms with Gasteiger partial charge in [-0.3, -0.25) is 0 Å². The van der Waals surface area contributed by atoms with Crippen molar-refractivity contribution in [2.24, 2.45) is 5.92 Å². The second-order valence-electron chi connectivity index (χ2n) is 4.93. The molecule has 102 valence electrons. The third kappa shape index (κ3) is 2.55. The zero-order valence-corrected chi connectivity index (χ0v) is 11.3. The molecule has 1 aliphatic rings. The zero-order valence-electron chi connectivity index (χ0n) is 11.3. The Morgan fingerprint density at radius 3 is 2.78 bits per heavy atom. The number of hydrogen-bond donors (Lipinski definition) is 1.